The number of aryl methyl sites for hydroxylation is 1. The Morgan fingerprint density at radius 1 is 1.07 bits per heavy atom. The third-order valence-electron chi connectivity index (χ3n) is 4.27. The molecule has 0 aromatic heterocycles. The van der Waals surface area contributed by atoms with Crippen LogP contribution in [0.3, 0.4) is 0 Å². The number of benzene rings is 1. The minimum Gasteiger partial charge on any atom is -0.464 e. The van der Waals surface area contributed by atoms with Crippen molar-refractivity contribution in [2.75, 3.05) is 6.61 Å². The molecule has 5 heteroatoms. The highest BCUT2D eigenvalue weighted by molar-refractivity contribution is 5.91. The van der Waals surface area contributed by atoms with Crippen molar-refractivity contribution in [3.63, 3.8) is 0 Å². The summed E-state index contributed by atoms with van der Waals surface area (Å²) in [5, 5.41) is 12.2. The SMILES string of the molecule is CC(C)COC(=O)[C@@H](NC(=O)/C=C/C=C/CCCCCc1ccccc1)[C@@H](C)O. The Morgan fingerprint density at radius 3 is 2.45 bits per heavy atom. The molecule has 0 radical (unpaired) electrons. The number of allylic oxidation sites excluding steroid dienone is 3. The minimum atomic E-state index is -1.07. The number of rotatable bonds is 13. The van der Waals surface area contributed by atoms with Crippen LogP contribution in [0.4, 0.5) is 0 Å². The van der Waals surface area contributed by atoms with Crippen LogP contribution in [-0.2, 0) is 20.7 Å². The Hall–Kier alpha value is -2.40. The van der Waals surface area contributed by atoms with Gasteiger partial charge in [0.05, 0.1) is 12.7 Å². The number of unbranched alkanes of at least 4 members (excludes halogenated alkanes) is 3. The summed E-state index contributed by atoms with van der Waals surface area (Å²) >= 11 is 0. The first kappa shape index (κ1) is 24.6. The molecule has 2 atom stereocenters. The number of aliphatic hydroxyl groups is 1. The minimum absolute atomic E-state index is 0.188. The van der Waals surface area contributed by atoms with Crippen molar-refractivity contribution in [3.05, 3.63) is 60.2 Å². The predicted octanol–water partition coefficient (Wildman–Crippen LogP) is 3.97. The Bertz CT molecular complexity index is 650. The normalized spacial score (nSPS) is 13.7. The van der Waals surface area contributed by atoms with Crippen molar-refractivity contribution < 1.29 is 19.4 Å². The monoisotopic (exact) mass is 401 g/mol. The number of hydrogen-bond acceptors (Lipinski definition) is 4. The highest BCUT2D eigenvalue weighted by Gasteiger charge is 2.26. The summed E-state index contributed by atoms with van der Waals surface area (Å²) in [4.78, 5) is 23.9. The van der Waals surface area contributed by atoms with Gasteiger partial charge in [-0.25, -0.2) is 4.79 Å². The second-order valence-corrected chi connectivity index (χ2v) is 7.62. The topological polar surface area (TPSA) is 75.6 Å². The van der Waals surface area contributed by atoms with E-state index in [1.54, 1.807) is 6.08 Å². The van der Waals surface area contributed by atoms with Crippen LogP contribution >= 0.6 is 0 Å². The number of hydrogen-bond donors (Lipinski definition) is 2. The van der Waals surface area contributed by atoms with Gasteiger partial charge in [0.15, 0.2) is 6.04 Å². The summed E-state index contributed by atoms with van der Waals surface area (Å²) < 4.78 is 5.09. The zero-order chi connectivity index (χ0) is 21.5. The third-order valence-corrected chi connectivity index (χ3v) is 4.27. The Kier molecular flexibility index (Phi) is 12.4. The van der Waals surface area contributed by atoms with Gasteiger partial charge in [0.1, 0.15) is 0 Å². The Balaban J connectivity index is 2.23. The first-order chi connectivity index (χ1) is 13.9. The van der Waals surface area contributed by atoms with E-state index < -0.39 is 24.0 Å². The fourth-order valence-corrected chi connectivity index (χ4v) is 2.65. The summed E-state index contributed by atoms with van der Waals surface area (Å²) in [5.74, 6) is -0.876. The van der Waals surface area contributed by atoms with Crippen molar-refractivity contribution >= 4 is 11.9 Å². The zero-order valence-corrected chi connectivity index (χ0v) is 17.8. The molecule has 0 aliphatic carbocycles. The van der Waals surface area contributed by atoms with Crippen molar-refractivity contribution in [2.24, 2.45) is 5.92 Å². The number of nitrogens with one attached hydrogen (secondary N) is 1. The van der Waals surface area contributed by atoms with Crippen LogP contribution in [0, 0.1) is 5.92 Å². The maximum atomic E-state index is 12.0. The van der Waals surface area contributed by atoms with E-state index in [9.17, 15) is 14.7 Å². The molecule has 0 saturated carbocycles. The van der Waals surface area contributed by atoms with Gasteiger partial charge >= 0.3 is 5.97 Å². The second-order valence-electron chi connectivity index (χ2n) is 7.62. The van der Waals surface area contributed by atoms with E-state index in [1.165, 1.54) is 25.0 Å². The van der Waals surface area contributed by atoms with Gasteiger partial charge in [0.2, 0.25) is 5.91 Å². The molecular formula is C24H35NO4. The zero-order valence-electron chi connectivity index (χ0n) is 17.8. The van der Waals surface area contributed by atoms with Crippen LogP contribution in [0.5, 0.6) is 0 Å². The molecule has 0 aliphatic heterocycles. The van der Waals surface area contributed by atoms with Crippen molar-refractivity contribution in [1.82, 2.24) is 5.32 Å². The lowest BCUT2D eigenvalue weighted by molar-refractivity contribution is -0.151. The highest BCUT2D eigenvalue weighted by Crippen LogP contribution is 2.08. The molecule has 5 nitrogen and oxygen atoms in total. The molecule has 0 bridgehead atoms. The van der Waals surface area contributed by atoms with E-state index >= 15 is 0 Å². The average Bonchev–Trinajstić information content (AvgIpc) is 2.69. The highest BCUT2D eigenvalue weighted by atomic mass is 16.5. The number of ether oxygens (including phenoxy) is 1. The van der Waals surface area contributed by atoms with Gasteiger partial charge in [-0.15, -0.1) is 0 Å². The number of amides is 1. The second kappa shape index (κ2) is 14.6. The molecule has 1 rings (SSSR count). The lowest BCUT2D eigenvalue weighted by Gasteiger charge is -2.19. The predicted molar refractivity (Wildman–Crippen MR) is 116 cm³/mol. The molecule has 0 heterocycles. The molecule has 0 fully saturated rings. The van der Waals surface area contributed by atoms with Crippen LogP contribution in [0.25, 0.3) is 0 Å². The van der Waals surface area contributed by atoms with Gasteiger partial charge in [-0.1, -0.05) is 68.8 Å². The molecule has 0 aliphatic rings. The number of carbonyl (C=O) groups is 2. The van der Waals surface area contributed by atoms with Gasteiger partial charge in [0, 0.05) is 6.08 Å². The van der Waals surface area contributed by atoms with Crippen molar-refractivity contribution in [3.8, 4) is 0 Å². The van der Waals surface area contributed by atoms with Crippen LogP contribution < -0.4 is 5.32 Å². The van der Waals surface area contributed by atoms with Crippen molar-refractivity contribution in [2.45, 2.75) is 65.0 Å². The van der Waals surface area contributed by atoms with E-state index in [-0.39, 0.29) is 12.5 Å². The summed E-state index contributed by atoms with van der Waals surface area (Å²) in [7, 11) is 0. The molecule has 1 aromatic rings. The third kappa shape index (κ3) is 11.9. The van der Waals surface area contributed by atoms with E-state index in [0.717, 1.165) is 25.7 Å². The first-order valence-electron chi connectivity index (χ1n) is 10.4. The van der Waals surface area contributed by atoms with Gasteiger partial charge in [0.25, 0.3) is 0 Å². The molecular weight excluding hydrogens is 366 g/mol. The van der Waals surface area contributed by atoms with Crippen LogP contribution in [0.1, 0.15) is 52.0 Å². The summed E-state index contributed by atoms with van der Waals surface area (Å²) in [6, 6.07) is 9.41. The van der Waals surface area contributed by atoms with E-state index in [1.807, 2.05) is 32.1 Å². The molecule has 0 unspecified atom stereocenters. The van der Waals surface area contributed by atoms with Crippen LogP contribution in [-0.4, -0.2) is 35.7 Å². The quantitative estimate of drug-likeness (QED) is 0.227. The Labute approximate surface area is 174 Å². The number of carbonyl (C=O) groups excluding carboxylic acids is 2. The van der Waals surface area contributed by atoms with Crippen LogP contribution in [0.15, 0.2) is 54.6 Å². The van der Waals surface area contributed by atoms with Gasteiger partial charge in [-0.05, 0) is 44.1 Å². The smallest absolute Gasteiger partial charge is 0.331 e. The maximum absolute atomic E-state index is 12.0. The largest absolute Gasteiger partial charge is 0.464 e. The molecule has 1 amide bonds. The lowest BCUT2D eigenvalue weighted by Crippen LogP contribution is -2.48. The van der Waals surface area contributed by atoms with E-state index in [2.05, 4.69) is 29.6 Å². The fourth-order valence-electron chi connectivity index (χ4n) is 2.65. The molecule has 0 saturated heterocycles. The van der Waals surface area contributed by atoms with Crippen molar-refractivity contribution in [1.29, 1.82) is 0 Å². The summed E-state index contributed by atoms with van der Waals surface area (Å²) in [5.41, 5.74) is 1.38. The van der Waals surface area contributed by atoms with Gasteiger partial charge in [-0.3, -0.25) is 4.79 Å². The molecule has 1 aromatic carbocycles. The van der Waals surface area contributed by atoms with Crippen LogP contribution in [0.2, 0.25) is 0 Å². The van der Waals surface area contributed by atoms with Gasteiger partial charge in [-0.2, -0.15) is 0 Å². The molecule has 160 valence electrons. The maximum Gasteiger partial charge on any atom is 0.331 e. The molecule has 2 N–H and O–H groups in total. The number of aliphatic hydroxyl groups excluding tert-OH is 1. The van der Waals surface area contributed by atoms with E-state index in [4.69, 9.17) is 4.74 Å². The molecule has 0 spiro atoms. The standard InChI is InChI=1S/C24H35NO4/c1-19(2)18-29-24(28)23(20(3)26)25-22(27)17-13-8-6-4-5-7-10-14-21-15-11-9-12-16-21/h6,8-9,11-13,15-17,19-20,23,26H,4-5,7,10,14,18H2,1-3H3,(H,25,27)/b8-6+,17-13+/t20-,23+/m1/s1. The first-order valence-corrected chi connectivity index (χ1v) is 10.4. The Morgan fingerprint density at radius 2 is 1.79 bits per heavy atom. The average molecular weight is 402 g/mol. The summed E-state index contributed by atoms with van der Waals surface area (Å²) in [6.45, 7) is 5.54. The van der Waals surface area contributed by atoms with Gasteiger partial charge < -0.3 is 15.2 Å². The number of esters is 1. The lowest BCUT2D eigenvalue weighted by atomic mass is 10.1. The molecule has 29 heavy (non-hydrogen) atoms. The fraction of sp³-hybridized carbons (Fsp3) is 0.500. The summed E-state index contributed by atoms with van der Waals surface area (Å²) in [6.07, 6.45) is 11.3. The van der Waals surface area contributed by atoms with E-state index in [0.29, 0.717) is 0 Å².